The van der Waals surface area contributed by atoms with Crippen LogP contribution in [0.1, 0.15) is 12.1 Å². The molecule has 0 radical (unpaired) electrons. The van der Waals surface area contributed by atoms with Crippen LogP contribution in [-0.2, 0) is 6.54 Å². The summed E-state index contributed by atoms with van der Waals surface area (Å²) >= 11 is 3.51. The van der Waals surface area contributed by atoms with Crippen molar-refractivity contribution in [3.63, 3.8) is 0 Å². The molecule has 1 heterocycles. The van der Waals surface area contributed by atoms with Crippen molar-refractivity contribution in [3.8, 4) is 11.3 Å². The van der Waals surface area contributed by atoms with E-state index < -0.39 is 0 Å². The SMILES string of the molecule is Cc1nn(CCCO)c(-c2ccc(F)cc2)c1Br. The molecule has 3 nitrogen and oxygen atoms in total. The summed E-state index contributed by atoms with van der Waals surface area (Å²) in [7, 11) is 0. The fourth-order valence-electron chi connectivity index (χ4n) is 1.83. The number of aryl methyl sites for hydroxylation is 2. The van der Waals surface area contributed by atoms with E-state index in [0.29, 0.717) is 13.0 Å². The topological polar surface area (TPSA) is 38.0 Å². The number of rotatable bonds is 4. The van der Waals surface area contributed by atoms with Crippen molar-refractivity contribution in [2.24, 2.45) is 0 Å². The highest BCUT2D eigenvalue weighted by Gasteiger charge is 2.14. The van der Waals surface area contributed by atoms with Gasteiger partial charge in [0.25, 0.3) is 0 Å². The predicted molar refractivity (Wildman–Crippen MR) is 71.8 cm³/mol. The first-order valence-corrected chi connectivity index (χ1v) is 6.52. The molecule has 0 fully saturated rings. The van der Waals surface area contributed by atoms with Crippen LogP contribution >= 0.6 is 15.9 Å². The molecule has 0 atom stereocenters. The standard InChI is InChI=1S/C13H14BrFN2O/c1-9-12(14)13(17(16-9)7-2-8-18)10-3-5-11(15)6-4-10/h3-6,18H,2,7-8H2,1H3. The van der Waals surface area contributed by atoms with Gasteiger partial charge in [0.05, 0.1) is 15.9 Å². The largest absolute Gasteiger partial charge is 0.396 e. The van der Waals surface area contributed by atoms with E-state index in [2.05, 4.69) is 21.0 Å². The van der Waals surface area contributed by atoms with Crippen molar-refractivity contribution in [1.29, 1.82) is 0 Å². The highest BCUT2D eigenvalue weighted by Crippen LogP contribution is 2.31. The number of aromatic nitrogens is 2. The normalized spacial score (nSPS) is 10.9. The molecular formula is C13H14BrFN2O. The molecule has 0 aliphatic carbocycles. The highest BCUT2D eigenvalue weighted by atomic mass is 79.9. The van der Waals surface area contributed by atoms with E-state index >= 15 is 0 Å². The zero-order valence-corrected chi connectivity index (χ0v) is 11.6. The number of hydrogen-bond donors (Lipinski definition) is 1. The molecule has 0 saturated carbocycles. The Morgan fingerprint density at radius 2 is 2.00 bits per heavy atom. The van der Waals surface area contributed by atoms with Crippen molar-refractivity contribution in [1.82, 2.24) is 9.78 Å². The average molecular weight is 313 g/mol. The van der Waals surface area contributed by atoms with Crippen LogP contribution in [0, 0.1) is 12.7 Å². The second-order valence-electron chi connectivity index (χ2n) is 4.06. The Kier molecular flexibility index (Phi) is 4.14. The Morgan fingerprint density at radius 3 is 2.61 bits per heavy atom. The molecule has 0 spiro atoms. The Morgan fingerprint density at radius 1 is 1.33 bits per heavy atom. The first kappa shape index (κ1) is 13.2. The van der Waals surface area contributed by atoms with Gasteiger partial charge in [-0.2, -0.15) is 5.10 Å². The summed E-state index contributed by atoms with van der Waals surface area (Å²) in [6.45, 7) is 2.67. The van der Waals surface area contributed by atoms with Crippen LogP contribution in [0.15, 0.2) is 28.7 Å². The highest BCUT2D eigenvalue weighted by molar-refractivity contribution is 9.10. The molecule has 2 aromatic rings. The maximum Gasteiger partial charge on any atom is 0.123 e. The molecule has 1 aromatic heterocycles. The summed E-state index contributed by atoms with van der Waals surface area (Å²) in [6.07, 6.45) is 0.641. The minimum absolute atomic E-state index is 0.124. The molecule has 0 unspecified atom stereocenters. The smallest absolute Gasteiger partial charge is 0.123 e. The van der Waals surface area contributed by atoms with Gasteiger partial charge in [-0.05, 0) is 53.5 Å². The van der Waals surface area contributed by atoms with Crippen molar-refractivity contribution in [2.45, 2.75) is 19.9 Å². The molecule has 1 N–H and O–H groups in total. The lowest BCUT2D eigenvalue weighted by atomic mass is 10.1. The van der Waals surface area contributed by atoms with Gasteiger partial charge in [-0.3, -0.25) is 4.68 Å². The van der Waals surface area contributed by atoms with E-state index in [-0.39, 0.29) is 12.4 Å². The number of hydrogen-bond acceptors (Lipinski definition) is 2. The summed E-state index contributed by atoms with van der Waals surface area (Å²) in [5.41, 5.74) is 2.70. The fourth-order valence-corrected chi connectivity index (χ4v) is 2.34. The predicted octanol–water partition coefficient (Wildman–Crippen LogP) is 3.14. The minimum Gasteiger partial charge on any atom is -0.396 e. The van der Waals surface area contributed by atoms with Crippen molar-refractivity contribution >= 4 is 15.9 Å². The van der Waals surface area contributed by atoms with Crippen LogP contribution in [0.5, 0.6) is 0 Å². The van der Waals surface area contributed by atoms with Crippen LogP contribution in [0.4, 0.5) is 4.39 Å². The van der Waals surface area contributed by atoms with Crippen LogP contribution in [0.25, 0.3) is 11.3 Å². The number of nitrogens with zero attached hydrogens (tertiary/aromatic N) is 2. The number of halogens is 2. The van der Waals surface area contributed by atoms with Gasteiger partial charge in [0.2, 0.25) is 0 Å². The molecule has 96 valence electrons. The van der Waals surface area contributed by atoms with Gasteiger partial charge in [-0.25, -0.2) is 4.39 Å². The van der Waals surface area contributed by atoms with Gasteiger partial charge in [0.1, 0.15) is 5.82 Å². The van der Waals surface area contributed by atoms with Gasteiger partial charge in [-0.1, -0.05) is 0 Å². The van der Waals surface area contributed by atoms with E-state index in [4.69, 9.17) is 5.11 Å². The van der Waals surface area contributed by atoms with E-state index in [1.165, 1.54) is 12.1 Å². The number of benzene rings is 1. The van der Waals surface area contributed by atoms with Gasteiger partial charge >= 0.3 is 0 Å². The van der Waals surface area contributed by atoms with Crippen molar-refractivity contribution < 1.29 is 9.50 Å². The average Bonchev–Trinajstić information content (AvgIpc) is 2.64. The molecule has 0 amide bonds. The fraction of sp³-hybridized carbons (Fsp3) is 0.308. The summed E-state index contributed by atoms with van der Waals surface area (Å²) in [5.74, 6) is -0.256. The number of aliphatic hydroxyl groups excluding tert-OH is 1. The van der Waals surface area contributed by atoms with Crippen LogP contribution < -0.4 is 0 Å². The first-order chi connectivity index (χ1) is 8.63. The Bertz CT molecular complexity index is 537. The molecule has 0 aliphatic rings. The molecule has 2 rings (SSSR count). The number of aliphatic hydroxyl groups is 1. The lowest BCUT2D eigenvalue weighted by Crippen LogP contribution is -2.04. The first-order valence-electron chi connectivity index (χ1n) is 5.73. The summed E-state index contributed by atoms with van der Waals surface area (Å²) in [5, 5.41) is 13.3. The summed E-state index contributed by atoms with van der Waals surface area (Å²) < 4.78 is 15.7. The molecule has 18 heavy (non-hydrogen) atoms. The van der Waals surface area contributed by atoms with E-state index in [9.17, 15) is 4.39 Å². The van der Waals surface area contributed by atoms with E-state index in [1.807, 2.05) is 11.6 Å². The Balaban J connectivity index is 2.44. The molecule has 5 heteroatoms. The van der Waals surface area contributed by atoms with Crippen molar-refractivity contribution in [3.05, 3.63) is 40.2 Å². The second-order valence-corrected chi connectivity index (χ2v) is 4.85. The van der Waals surface area contributed by atoms with Crippen LogP contribution in [-0.4, -0.2) is 21.5 Å². The lowest BCUT2D eigenvalue weighted by molar-refractivity contribution is 0.277. The molecule has 0 saturated heterocycles. The molecule has 1 aromatic carbocycles. The third-order valence-electron chi connectivity index (χ3n) is 2.70. The zero-order chi connectivity index (χ0) is 13.1. The quantitative estimate of drug-likeness (QED) is 0.942. The maximum absolute atomic E-state index is 12.9. The maximum atomic E-state index is 12.9. The van der Waals surface area contributed by atoms with Crippen molar-refractivity contribution in [2.75, 3.05) is 6.61 Å². The Labute approximate surface area is 113 Å². The third kappa shape index (κ3) is 2.62. The third-order valence-corrected chi connectivity index (χ3v) is 3.65. The summed E-state index contributed by atoms with van der Waals surface area (Å²) in [4.78, 5) is 0. The second kappa shape index (κ2) is 5.63. The van der Waals surface area contributed by atoms with E-state index in [1.54, 1.807) is 12.1 Å². The van der Waals surface area contributed by atoms with E-state index in [0.717, 1.165) is 21.4 Å². The monoisotopic (exact) mass is 312 g/mol. The van der Waals surface area contributed by atoms with Gasteiger partial charge in [0.15, 0.2) is 0 Å². The Hall–Kier alpha value is -1.20. The van der Waals surface area contributed by atoms with Gasteiger partial charge in [-0.15, -0.1) is 0 Å². The molecular weight excluding hydrogens is 299 g/mol. The van der Waals surface area contributed by atoms with Gasteiger partial charge in [0, 0.05) is 18.7 Å². The lowest BCUT2D eigenvalue weighted by Gasteiger charge is -2.07. The molecule has 0 bridgehead atoms. The minimum atomic E-state index is -0.256. The van der Waals surface area contributed by atoms with Crippen LogP contribution in [0.2, 0.25) is 0 Å². The van der Waals surface area contributed by atoms with Crippen LogP contribution in [0.3, 0.4) is 0 Å². The van der Waals surface area contributed by atoms with Gasteiger partial charge < -0.3 is 5.11 Å². The molecule has 0 aliphatic heterocycles. The zero-order valence-electron chi connectivity index (χ0n) is 10.0. The summed E-state index contributed by atoms with van der Waals surface area (Å²) in [6, 6.07) is 6.32.